The molecular formula is C29H33ClN2O4. The number of nitrogens with zero attached hydrogens (tertiary/aromatic N) is 1. The molecule has 2 atom stereocenters. The molecule has 2 amide bonds. The maximum Gasteiger partial charge on any atom is 0.261 e. The van der Waals surface area contributed by atoms with Crippen molar-refractivity contribution in [1.29, 1.82) is 0 Å². The zero-order chi connectivity index (χ0) is 25.9. The van der Waals surface area contributed by atoms with Gasteiger partial charge >= 0.3 is 0 Å². The molecular weight excluding hydrogens is 476 g/mol. The first kappa shape index (κ1) is 27.1. The largest absolute Gasteiger partial charge is 0.497 e. The monoisotopic (exact) mass is 508 g/mol. The molecule has 3 aromatic rings. The van der Waals surface area contributed by atoms with E-state index in [9.17, 15) is 9.59 Å². The molecule has 0 saturated heterocycles. The third-order valence-corrected chi connectivity index (χ3v) is 6.17. The lowest BCUT2D eigenvalue weighted by molar-refractivity contribution is -0.143. The van der Waals surface area contributed by atoms with Crippen molar-refractivity contribution in [2.24, 2.45) is 0 Å². The first-order valence-electron chi connectivity index (χ1n) is 12.0. The lowest BCUT2D eigenvalue weighted by Crippen LogP contribution is -2.53. The summed E-state index contributed by atoms with van der Waals surface area (Å²) in [4.78, 5) is 28.6. The molecule has 36 heavy (non-hydrogen) atoms. The van der Waals surface area contributed by atoms with E-state index in [1.54, 1.807) is 48.4 Å². The molecule has 7 heteroatoms. The number of hydrogen-bond donors (Lipinski definition) is 1. The van der Waals surface area contributed by atoms with Crippen LogP contribution in [0.1, 0.15) is 31.4 Å². The fraction of sp³-hybridized carbons (Fsp3) is 0.310. The van der Waals surface area contributed by atoms with Crippen molar-refractivity contribution < 1.29 is 19.1 Å². The molecule has 0 radical (unpaired) electrons. The van der Waals surface area contributed by atoms with Gasteiger partial charge in [0.15, 0.2) is 6.61 Å². The average molecular weight is 509 g/mol. The van der Waals surface area contributed by atoms with Crippen LogP contribution in [0.15, 0.2) is 78.9 Å². The molecule has 3 rings (SSSR count). The number of benzene rings is 3. The van der Waals surface area contributed by atoms with Crippen LogP contribution in [0.2, 0.25) is 5.02 Å². The van der Waals surface area contributed by atoms with Gasteiger partial charge in [-0.05, 0) is 60.9 Å². The second kappa shape index (κ2) is 13.5. The fourth-order valence-electron chi connectivity index (χ4n) is 3.73. The summed E-state index contributed by atoms with van der Waals surface area (Å²) in [7, 11) is 1.59. The normalized spacial score (nSPS) is 12.3. The zero-order valence-corrected chi connectivity index (χ0v) is 21.7. The molecule has 0 fully saturated rings. The van der Waals surface area contributed by atoms with E-state index in [1.807, 2.05) is 56.3 Å². The summed E-state index contributed by atoms with van der Waals surface area (Å²) >= 11 is 6.22. The van der Waals surface area contributed by atoms with E-state index in [2.05, 4.69) is 5.32 Å². The Bertz CT molecular complexity index is 1120. The topological polar surface area (TPSA) is 67.9 Å². The second-order valence-electron chi connectivity index (χ2n) is 8.64. The first-order valence-corrected chi connectivity index (χ1v) is 12.4. The summed E-state index contributed by atoms with van der Waals surface area (Å²) in [6, 6.07) is 23.3. The molecule has 0 aromatic heterocycles. The zero-order valence-electron chi connectivity index (χ0n) is 20.9. The van der Waals surface area contributed by atoms with Crippen LogP contribution in [0, 0.1) is 0 Å². The molecule has 0 saturated carbocycles. The molecule has 0 unspecified atom stereocenters. The highest BCUT2D eigenvalue weighted by Crippen LogP contribution is 2.20. The van der Waals surface area contributed by atoms with Gasteiger partial charge in [0, 0.05) is 24.0 Å². The summed E-state index contributed by atoms with van der Waals surface area (Å²) in [5, 5.41) is 3.62. The Hall–Kier alpha value is -3.51. The van der Waals surface area contributed by atoms with Gasteiger partial charge in [0.1, 0.15) is 17.5 Å². The Morgan fingerprint density at radius 1 is 0.944 bits per heavy atom. The summed E-state index contributed by atoms with van der Waals surface area (Å²) < 4.78 is 11.0. The quantitative estimate of drug-likeness (QED) is 0.361. The van der Waals surface area contributed by atoms with E-state index < -0.39 is 6.04 Å². The number of carbonyl (C=O) groups is 2. The number of methoxy groups -OCH3 is 1. The van der Waals surface area contributed by atoms with E-state index in [4.69, 9.17) is 21.1 Å². The fourth-order valence-corrected chi connectivity index (χ4v) is 3.94. The molecule has 190 valence electrons. The number of rotatable bonds is 12. The van der Waals surface area contributed by atoms with Gasteiger partial charge in [0.25, 0.3) is 5.91 Å². The van der Waals surface area contributed by atoms with Crippen molar-refractivity contribution in [1.82, 2.24) is 10.2 Å². The van der Waals surface area contributed by atoms with Crippen LogP contribution >= 0.6 is 11.6 Å². The van der Waals surface area contributed by atoms with E-state index >= 15 is 0 Å². The highest BCUT2D eigenvalue weighted by molar-refractivity contribution is 6.30. The van der Waals surface area contributed by atoms with Crippen LogP contribution in [-0.2, 0) is 22.6 Å². The summed E-state index contributed by atoms with van der Waals surface area (Å²) in [6.45, 7) is 3.97. The van der Waals surface area contributed by atoms with Crippen molar-refractivity contribution in [3.05, 3.63) is 95.0 Å². The van der Waals surface area contributed by atoms with Crippen LogP contribution in [0.4, 0.5) is 0 Å². The minimum absolute atomic E-state index is 0.0190. The van der Waals surface area contributed by atoms with E-state index in [-0.39, 0.29) is 31.0 Å². The van der Waals surface area contributed by atoms with E-state index in [1.165, 1.54) is 0 Å². The van der Waals surface area contributed by atoms with Crippen LogP contribution in [0.5, 0.6) is 11.5 Å². The van der Waals surface area contributed by atoms with Crippen molar-refractivity contribution in [3.8, 4) is 11.5 Å². The van der Waals surface area contributed by atoms with Crippen molar-refractivity contribution in [2.45, 2.75) is 45.3 Å². The van der Waals surface area contributed by atoms with E-state index in [0.717, 1.165) is 17.5 Å². The standard InChI is InChI=1S/C29H33ClN2O4/c1-4-21(2)31-29(34)27(18-22-9-6-5-7-10-22)32(19-23-11-8-12-24(30)17-23)28(33)20-36-26-15-13-25(35-3)14-16-26/h5-17,21,27H,4,18-20H2,1-3H3,(H,31,34)/t21-,27-/m1/s1. The van der Waals surface area contributed by atoms with Crippen LogP contribution in [0.3, 0.4) is 0 Å². The maximum atomic E-state index is 13.6. The van der Waals surface area contributed by atoms with Gasteiger partial charge in [-0.1, -0.05) is 61.0 Å². The molecule has 0 aliphatic heterocycles. The minimum atomic E-state index is -0.729. The van der Waals surface area contributed by atoms with Gasteiger partial charge in [-0.2, -0.15) is 0 Å². The third kappa shape index (κ3) is 8.02. The average Bonchev–Trinajstić information content (AvgIpc) is 2.90. The van der Waals surface area contributed by atoms with Crippen molar-refractivity contribution in [2.75, 3.05) is 13.7 Å². The highest BCUT2D eigenvalue weighted by atomic mass is 35.5. The summed E-state index contributed by atoms with van der Waals surface area (Å²) in [5.41, 5.74) is 1.79. The predicted molar refractivity (Wildman–Crippen MR) is 142 cm³/mol. The smallest absolute Gasteiger partial charge is 0.261 e. The minimum Gasteiger partial charge on any atom is -0.497 e. The van der Waals surface area contributed by atoms with E-state index in [0.29, 0.717) is 22.9 Å². The Labute approximate surface area is 218 Å². The van der Waals surface area contributed by atoms with Crippen LogP contribution < -0.4 is 14.8 Å². The Morgan fingerprint density at radius 3 is 2.25 bits per heavy atom. The number of carbonyl (C=O) groups excluding carboxylic acids is 2. The van der Waals surface area contributed by atoms with Crippen molar-refractivity contribution >= 4 is 23.4 Å². The van der Waals surface area contributed by atoms with Crippen molar-refractivity contribution in [3.63, 3.8) is 0 Å². The molecule has 0 aliphatic carbocycles. The molecule has 3 aromatic carbocycles. The SMILES string of the molecule is CC[C@@H](C)NC(=O)[C@@H](Cc1ccccc1)N(Cc1cccc(Cl)c1)C(=O)COc1ccc(OC)cc1. The second-order valence-corrected chi connectivity index (χ2v) is 9.08. The number of ether oxygens (including phenoxy) is 2. The van der Waals surface area contributed by atoms with Gasteiger partial charge in [-0.3, -0.25) is 9.59 Å². The molecule has 0 spiro atoms. The third-order valence-electron chi connectivity index (χ3n) is 5.94. The molecule has 0 aliphatic rings. The van der Waals surface area contributed by atoms with Gasteiger partial charge in [-0.25, -0.2) is 0 Å². The summed E-state index contributed by atoms with van der Waals surface area (Å²) in [6.07, 6.45) is 1.16. The maximum absolute atomic E-state index is 13.6. The first-order chi connectivity index (χ1) is 17.4. The van der Waals surface area contributed by atoms with Gasteiger partial charge < -0.3 is 19.7 Å². The lowest BCUT2D eigenvalue weighted by Gasteiger charge is -2.32. The number of halogens is 1. The molecule has 1 N–H and O–H groups in total. The Balaban J connectivity index is 1.89. The number of amides is 2. The lowest BCUT2D eigenvalue weighted by atomic mass is 10.0. The molecule has 6 nitrogen and oxygen atoms in total. The van der Waals surface area contributed by atoms with Gasteiger partial charge in [-0.15, -0.1) is 0 Å². The van der Waals surface area contributed by atoms with Crippen LogP contribution in [-0.4, -0.2) is 42.5 Å². The van der Waals surface area contributed by atoms with Gasteiger partial charge in [0.05, 0.1) is 7.11 Å². The Morgan fingerprint density at radius 2 is 1.61 bits per heavy atom. The summed E-state index contributed by atoms with van der Waals surface area (Å²) in [5.74, 6) is 0.732. The molecule has 0 heterocycles. The van der Waals surface area contributed by atoms with Crippen LogP contribution in [0.25, 0.3) is 0 Å². The predicted octanol–water partition coefficient (Wildman–Crippen LogP) is 5.28. The Kier molecular flexibility index (Phi) is 10.2. The highest BCUT2D eigenvalue weighted by Gasteiger charge is 2.31. The number of nitrogens with one attached hydrogen (secondary N) is 1. The van der Waals surface area contributed by atoms with Gasteiger partial charge in [0.2, 0.25) is 5.91 Å². The number of hydrogen-bond acceptors (Lipinski definition) is 4. The molecule has 0 bridgehead atoms.